The number of hydrogen-bond acceptors (Lipinski definition) is 7. The molecule has 0 fully saturated rings. The van der Waals surface area contributed by atoms with Crippen LogP contribution < -0.4 is 27.4 Å². The van der Waals surface area contributed by atoms with Crippen LogP contribution in [-0.2, 0) is 0 Å². The normalized spacial score (nSPS) is 15.4. The average Bonchev–Trinajstić information content (AvgIpc) is 3.25. The van der Waals surface area contributed by atoms with Crippen LogP contribution in [0.3, 0.4) is 0 Å². The molecule has 0 aliphatic carbocycles. The zero-order valence-corrected chi connectivity index (χ0v) is 17.2. The van der Waals surface area contributed by atoms with Gasteiger partial charge in [-0.1, -0.05) is 29.3 Å². The van der Waals surface area contributed by atoms with E-state index in [4.69, 9.17) is 5.84 Å². The van der Waals surface area contributed by atoms with E-state index in [0.29, 0.717) is 16.6 Å². The van der Waals surface area contributed by atoms with Gasteiger partial charge in [-0.15, -0.1) is 0 Å². The first kappa shape index (κ1) is 19.6. The van der Waals surface area contributed by atoms with Crippen molar-refractivity contribution in [2.75, 3.05) is 10.3 Å². The Balaban J connectivity index is 1.85. The fraction of sp³-hybridized carbons (Fsp3) is 0.143. The standard InChI is InChI=1S/C21H19N7O4/c1-10-3-6-12(7-4-10)26-18(27-20(31)24-19(25-22)28(27)21(26)32)15-16(29)13-9-11(2)5-8-14(13)23-17(15)30/h3-9,18H,22H2,1-2H3,(H2,23,29,30)(H,24,25,31). The van der Waals surface area contributed by atoms with Gasteiger partial charge in [0.25, 0.3) is 5.56 Å². The summed E-state index contributed by atoms with van der Waals surface area (Å²) in [6.07, 6.45) is -1.29. The molecule has 2 aromatic heterocycles. The molecule has 11 nitrogen and oxygen atoms in total. The number of hydrazine groups is 1. The quantitative estimate of drug-likeness (QED) is 0.282. The van der Waals surface area contributed by atoms with Crippen LogP contribution in [0.15, 0.2) is 52.1 Å². The Morgan fingerprint density at radius 2 is 1.75 bits per heavy atom. The molecule has 1 aliphatic heterocycles. The Bertz CT molecular complexity index is 1510. The average molecular weight is 433 g/mol. The molecule has 4 aromatic rings. The number of aromatic amines is 1. The maximum Gasteiger partial charge on any atom is 0.368 e. The summed E-state index contributed by atoms with van der Waals surface area (Å²) in [6.45, 7) is 3.74. The summed E-state index contributed by atoms with van der Waals surface area (Å²) in [6, 6.07) is 11.5. The summed E-state index contributed by atoms with van der Waals surface area (Å²) in [5, 5.41) is 11.5. The van der Waals surface area contributed by atoms with Gasteiger partial charge in [-0.2, -0.15) is 14.3 Å². The first-order chi connectivity index (χ1) is 15.3. The summed E-state index contributed by atoms with van der Waals surface area (Å²) in [5.41, 5.74) is 3.29. The van der Waals surface area contributed by atoms with Crippen LogP contribution in [0.4, 0.5) is 16.4 Å². The maximum atomic E-state index is 13.4. The van der Waals surface area contributed by atoms with Crippen molar-refractivity contribution in [3.63, 3.8) is 0 Å². The summed E-state index contributed by atoms with van der Waals surface area (Å²) in [5.74, 6) is 4.95. The number of aromatic nitrogens is 4. The highest BCUT2D eigenvalue weighted by atomic mass is 16.3. The van der Waals surface area contributed by atoms with Crippen LogP contribution in [-0.4, -0.2) is 30.5 Å². The van der Waals surface area contributed by atoms with Crippen molar-refractivity contribution in [2.24, 2.45) is 5.84 Å². The largest absolute Gasteiger partial charge is 0.507 e. The molecule has 1 atom stereocenters. The van der Waals surface area contributed by atoms with Crippen LogP contribution in [0, 0.1) is 13.8 Å². The van der Waals surface area contributed by atoms with Crippen molar-refractivity contribution in [3.05, 3.63) is 80.0 Å². The highest BCUT2D eigenvalue weighted by Gasteiger charge is 2.44. The topological polar surface area (TPSA) is 151 Å². The minimum Gasteiger partial charge on any atom is -0.507 e. The molecular weight excluding hydrogens is 414 g/mol. The molecule has 0 bridgehead atoms. The van der Waals surface area contributed by atoms with E-state index in [1.807, 2.05) is 13.8 Å². The number of nitrogens with one attached hydrogen (secondary N) is 2. The molecule has 3 heterocycles. The first-order valence-corrected chi connectivity index (χ1v) is 9.75. The number of benzene rings is 2. The van der Waals surface area contributed by atoms with E-state index in [2.05, 4.69) is 15.4 Å². The van der Waals surface area contributed by atoms with Gasteiger partial charge in [0.2, 0.25) is 5.95 Å². The molecule has 1 amide bonds. The smallest absolute Gasteiger partial charge is 0.368 e. The number of carbonyl (C=O) groups is 1. The summed E-state index contributed by atoms with van der Waals surface area (Å²) >= 11 is 0. The zero-order valence-electron chi connectivity index (χ0n) is 17.2. The second kappa shape index (κ2) is 6.82. The van der Waals surface area contributed by atoms with Crippen molar-refractivity contribution in [2.45, 2.75) is 20.0 Å². The molecule has 5 rings (SSSR count). The first-order valence-electron chi connectivity index (χ1n) is 9.75. The lowest BCUT2D eigenvalue weighted by Gasteiger charge is -2.24. The predicted molar refractivity (Wildman–Crippen MR) is 118 cm³/mol. The fourth-order valence-corrected chi connectivity index (χ4v) is 4.04. The van der Waals surface area contributed by atoms with E-state index < -0.39 is 23.4 Å². The van der Waals surface area contributed by atoms with Crippen LogP contribution in [0.2, 0.25) is 0 Å². The number of amides is 1. The zero-order chi connectivity index (χ0) is 22.7. The Hall–Kier alpha value is -4.38. The van der Waals surface area contributed by atoms with Gasteiger partial charge in [0.15, 0.2) is 6.17 Å². The third-order valence-corrected chi connectivity index (χ3v) is 5.55. The Morgan fingerprint density at radius 3 is 2.44 bits per heavy atom. The number of anilines is 2. The molecule has 0 spiro atoms. The van der Waals surface area contributed by atoms with Crippen molar-refractivity contribution in [1.82, 2.24) is 19.3 Å². The van der Waals surface area contributed by atoms with Gasteiger partial charge in [-0.25, -0.2) is 15.4 Å². The van der Waals surface area contributed by atoms with Crippen LogP contribution in [0.25, 0.3) is 10.9 Å². The lowest BCUT2D eigenvalue weighted by Crippen LogP contribution is -2.37. The van der Waals surface area contributed by atoms with Crippen LogP contribution >= 0.6 is 0 Å². The minimum absolute atomic E-state index is 0.165. The van der Waals surface area contributed by atoms with Gasteiger partial charge >= 0.3 is 11.7 Å². The van der Waals surface area contributed by atoms with Gasteiger partial charge < -0.3 is 10.1 Å². The second-order valence-electron chi connectivity index (χ2n) is 7.65. The summed E-state index contributed by atoms with van der Waals surface area (Å²) in [7, 11) is 0. The molecule has 5 N–H and O–H groups in total. The molecule has 1 unspecified atom stereocenters. The van der Waals surface area contributed by atoms with Gasteiger partial charge in [0.05, 0.1) is 5.52 Å². The number of H-pyrrole nitrogens is 1. The van der Waals surface area contributed by atoms with E-state index in [0.717, 1.165) is 20.5 Å². The Morgan fingerprint density at radius 1 is 1.06 bits per heavy atom. The molecule has 11 heteroatoms. The lowest BCUT2D eigenvalue weighted by molar-refractivity contribution is 0.249. The molecule has 0 radical (unpaired) electrons. The highest BCUT2D eigenvalue weighted by Crippen LogP contribution is 2.38. The predicted octanol–water partition coefficient (Wildman–Crippen LogP) is 1.53. The van der Waals surface area contributed by atoms with Crippen LogP contribution in [0.5, 0.6) is 5.75 Å². The number of aryl methyl sites for hydroxylation is 2. The third kappa shape index (κ3) is 2.65. The van der Waals surface area contributed by atoms with E-state index in [9.17, 15) is 19.5 Å². The molecule has 0 saturated heterocycles. The molecule has 0 saturated carbocycles. The van der Waals surface area contributed by atoms with Gasteiger partial charge in [-0.05, 0) is 38.1 Å². The van der Waals surface area contributed by atoms with Gasteiger partial charge in [-0.3, -0.25) is 15.1 Å². The van der Waals surface area contributed by atoms with E-state index in [1.54, 1.807) is 42.5 Å². The number of nitrogens with zero attached hydrogens (tertiary/aromatic N) is 4. The van der Waals surface area contributed by atoms with E-state index in [-0.39, 0.29) is 17.3 Å². The number of rotatable bonds is 3. The molecular formula is C21H19N7O4. The summed E-state index contributed by atoms with van der Waals surface area (Å²) < 4.78 is 1.94. The number of nitrogen functional groups attached to an aromatic ring is 1. The van der Waals surface area contributed by atoms with E-state index in [1.165, 1.54) is 4.90 Å². The fourth-order valence-electron chi connectivity index (χ4n) is 4.04. The lowest BCUT2D eigenvalue weighted by atomic mass is 10.1. The van der Waals surface area contributed by atoms with Gasteiger partial charge in [0.1, 0.15) is 11.3 Å². The van der Waals surface area contributed by atoms with Crippen molar-refractivity contribution in [1.29, 1.82) is 0 Å². The second-order valence-corrected chi connectivity index (χ2v) is 7.65. The Kier molecular flexibility index (Phi) is 4.17. The third-order valence-electron chi connectivity index (χ3n) is 5.55. The molecule has 32 heavy (non-hydrogen) atoms. The SMILES string of the molecule is Cc1ccc(N2C(=O)n3c(NN)nc(=O)n3C2c2c(O)c3cc(C)ccc3[nH]c2=O)cc1. The van der Waals surface area contributed by atoms with Crippen LogP contribution in [0.1, 0.15) is 22.9 Å². The van der Waals surface area contributed by atoms with Crippen molar-refractivity contribution in [3.8, 4) is 5.75 Å². The van der Waals surface area contributed by atoms with Crippen molar-refractivity contribution < 1.29 is 9.90 Å². The number of hydrogen-bond donors (Lipinski definition) is 4. The number of nitrogens with two attached hydrogens (primary N) is 1. The van der Waals surface area contributed by atoms with E-state index >= 15 is 0 Å². The number of carbonyl (C=O) groups excluding carboxylic acids is 1. The number of pyridine rings is 1. The maximum absolute atomic E-state index is 13.4. The van der Waals surface area contributed by atoms with Crippen molar-refractivity contribution >= 4 is 28.6 Å². The monoisotopic (exact) mass is 433 g/mol. The molecule has 2 aromatic carbocycles. The highest BCUT2D eigenvalue weighted by molar-refractivity contribution is 5.98. The molecule has 1 aliphatic rings. The number of aromatic hydroxyl groups is 1. The number of fused-ring (bicyclic) bond motifs is 2. The Labute approximate surface area is 180 Å². The minimum atomic E-state index is -1.29. The summed E-state index contributed by atoms with van der Waals surface area (Å²) in [4.78, 5) is 47.0. The molecule has 162 valence electrons. The van der Waals surface area contributed by atoms with Gasteiger partial charge in [0, 0.05) is 11.1 Å².